The zero-order valence-corrected chi connectivity index (χ0v) is 11.2. The van der Waals surface area contributed by atoms with Gasteiger partial charge in [-0.05, 0) is 18.4 Å². The molecule has 0 amide bonds. The average Bonchev–Trinajstić information content (AvgIpc) is 2.96. The molecule has 0 aromatic carbocycles. The topological polar surface area (TPSA) is 70.1 Å². The molecule has 0 fully saturated rings. The summed E-state index contributed by atoms with van der Waals surface area (Å²) in [6.45, 7) is 4.04. The molecule has 18 heavy (non-hydrogen) atoms. The summed E-state index contributed by atoms with van der Waals surface area (Å²) in [6, 6.07) is 1.94. The van der Waals surface area contributed by atoms with Crippen molar-refractivity contribution in [1.29, 1.82) is 0 Å². The Morgan fingerprint density at radius 2 is 2.33 bits per heavy atom. The number of imidazole rings is 1. The Labute approximate surface area is 109 Å². The minimum absolute atomic E-state index is 0.194. The second-order valence-corrected chi connectivity index (χ2v) is 4.43. The quantitative estimate of drug-likeness (QED) is 0.861. The minimum atomic E-state index is -0.473. The van der Waals surface area contributed by atoms with Crippen molar-refractivity contribution in [2.75, 3.05) is 12.3 Å². The van der Waals surface area contributed by atoms with E-state index in [-0.39, 0.29) is 5.69 Å². The van der Waals surface area contributed by atoms with Gasteiger partial charge in [0.15, 0.2) is 5.69 Å². The van der Waals surface area contributed by atoms with Crippen LogP contribution in [-0.2, 0) is 11.2 Å². The molecule has 0 aliphatic heterocycles. The molecule has 0 aliphatic carbocycles. The maximum Gasteiger partial charge on any atom is 0.360 e. The maximum atomic E-state index is 11.7. The van der Waals surface area contributed by atoms with Crippen LogP contribution in [-0.4, -0.2) is 22.1 Å². The van der Waals surface area contributed by atoms with Crippen LogP contribution >= 0.6 is 11.3 Å². The van der Waals surface area contributed by atoms with Gasteiger partial charge in [0.2, 0.25) is 0 Å². The Morgan fingerprint density at radius 1 is 1.56 bits per heavy atom. The first-order valence-electron chi connectivity index (χ1n) is 5.75. The number of hydrogen-bond acceptors (Lipinski definition) is 5. The van der Waals surface area contributed by atoms with Crippen LogP contribution in [0.3, 0.4) is 0 Å². The van der Waals surface area contributed by atoms with E-state index in [1.165, 1.54) is 0 Å². The number of carbonyl (C=O) groups is 1. The van der Waals surface area contributed by atoms with E-state index in [1.54, 1.807) is 22.8 Å². The van der Waals surface area contributed by atoms with Crippen molar-refractivity contribution in [2.45, 2.75) is 20.3 Å². The highest BCUT2D eigenvalue weighted by Crippen LogP contribution is 2.23. The van der Waals surface area contributed by atoms with Gasteiger partial charge in [0.05, 0.1) is 12.3 Å². The number of carbonyl (C=O) groups excluding carboxylic acids is 1. The van der Waals surface area contributed by atoms with Gasteiger partial charge in [0, 0.05) is 11.8 Å². The smallest absolute Gasteiger partial charge is 0.360 e. The predicted octanol–water partition coefficient (Wildman–Crippen LogP) is 2.26. The molecule has 0 aliphatic rings. The van der Waals surface area contributed by atoms with E-state index in [9.17, 15) is 4.79 Å². The lowest BCUT2D eigenvalue weighted by Gasteiger charge is -2.05. The van der Waals surface area contributed by atoms with Crippen molar-refractivity contribution < 1.29 is 9.53 Å². The molecular weight excluding hydrogens is 250 g/mol. The molecule has 2 aromatic rings. The average molecular weight is 265 g/mol. The van der Waals surface area contributed by atoms with E-state index in [0.29, 0.717) is 18.8 Å². The van der Waals surface area contributed by atoms with Gasteiger partial charge in [0.25, 0.3) is 0 Å². The number of aryl methyl sites for hydroxylation is 1. The molecule has 0 bridgehead atoms. The molecule has 0 unspecified atom stereocenters. The number of aromatic nitrogens is 2. The van der Waals surface area contributed by atoms with Gasteiger partial charge < -0.3 is 10.5 Å². The van der Waals surface area contributed by atoms with Crippen LogP contribution in [0.1, 0.15) is 30.2 Å². The van der Waals surface area contributed by atoms with Crippen LogP contribution in [0.2, 0.25) is 0 Å². The number of nitrogen functional groups attached to an aromatic ring is 1. The number of thiophene rings is 1. The summed E-state index contributed by atoms with van der Waals surface area (Å²) in [4.78, 5) is 16.0. The molecule has 2 N–H and O–H groups in total. The molecule has 2 rings (SSSR count). The van der Waals surface area contributed by atoms with Crippen LogP contribution in [0.5, 0.6) is 0 Å². The molecule has 6 heteroatoms. The van der Waals surface area contributed by atoms with Gasteiger partial charge in [0.1, 0.15) is 11.6 Å². The summed E-state index contributed by atoms with van der Waals surface area (Å²) >= 11 is 1.57. The van der Waals surface area contributed by atoms with Gasteiger partial charge in [-0.25, -0.2) is 9.78 Å². The highest BCUT2D eigenvalue weighted by atomic mass is 32.1. The van der Waals surface area contributed by atoms with Crippen molar-refractivity contribution in [3.05, 3.63) is 28.3 Å². The molecule has 0 spiro atoms. The van der Waals surface area contributed by atoms with Gasteiger partial charge in [-0.3, -0.25) is 4.57 Å². The SMILES string of the molecule is CCOC(=O)c1nc(CC)n(-c2ccsc2)c1N. The number of nitrogens with zero attached hydrogens (tertiary/aromatic N) is 2. The van der Waals surface area contributed by atoms with Gasteiger partial charge in [-0.2, -0.15) is 11.3 Å². The molecule has 0 saturated heterocycles. The van der Waals surface area contributed by atoms with Crippen LogP contribution < -0.4 is 5.73 Å². The Bertz CT molecular complexity index is 546. The van der Waals surface area contributed by atoms with Gasteiger partial charge in [-0.15, -0.1) is 0 Å². The zero-order valence-electron chi connectivity index (χ0n) is 10.3. The van der Waals surface area contributed by atoms with E-state index in [1.807, 2.05) is 23.8 Å². The third-order valence-corrected chi connectivity index (χ3v) is 3.20. The molecule has 0 radical (unpaired) electrons. The molecule has 0 atom stereocenters. The van der Waals surface area contributed by atoms with Gasteiger partial charge >= 0.3 is 5.97 Å². The van der Waals surface area contributed by atoms with Crippen LogP contribution in [0.25, 0.3) is 5.69 Å². The third kappa shape index (κ3) is 2.11. The maximum absolute atomic E-state index is 11.7. The van der Waals surface area contributed by atoms with Gasteiger partial charge in [-0.1, -0.05) is 6.92 Å². The largest absolute Gasteiger partial charge is 0.461 e. The number of anilines is 1. The van der Waals surface area contributed by atoms with E-state index in [2.05, 4.69) is 4.98 Å². The lowest BCUT2D eigenvalue weighted by Crippen LogP contribution is -2.09. The first-order valence-corrected chi connectivity index (χ1v) is 6.70. The molecule has 2 aromatic heterocycles. The second kappa shape index (κ2) is 5.22. The highest BCUT2D eigenvalue weighted by Gasteiger charge is 2.21. The fourth-order valence-electron chi connectivity index (χ4n) is 1.74. The first kappa shape index (κ1) is 12.6. The number of rotatable bonds is 4. The fraction of sp³-hybridized carbons (Fsp3) is 0.333. The summed E-state index contributed by atoms with van der Waals surface area (Å²) in [7, 11) is 0. The van der Waals surface area contributed by atoms with E-state index < -0.39 is 5.97 Å². The van der Waals surface area contributed by atoms with Crippen molar-refractivity contribution in [3.8, 4) is 5.69 Å². The van der Waals surface area contributed by atoms with Crippen molar-refractivity contribution in [3.63, 3.8) is 0 Å². The molecule has 96 valence electrons. The van der Waals surface area contributed by atoms with Crippen LogP contribution in [0.4, 0.5) is 5.82 Å². The third-order valence-electron chi connectivity index (χ3n) is 2.53. The molecular formula is C12H15N3O2S. The lowest BCUT2D eigenvalue weighted by atomic mass is 10.4. The predicted molar refractivity (Wildman–Crippen MR) is 71.2 cm³/mol. The summed E-state index contributed by atoms with van der Waals surface area (Å²) in [5, 5.41) is 3.92. The molecule has 5 nitrogen and oxygen atoms in total. The highest BCUT2D eigenvalue weighted by molar-refractivity contribution is 7.08. The summed E-state index contributed by atoms with van der Waals surface area (Å²) in [5.41, 5.74) is 7.13. The minimum Gasteiger partial charge on any atom is -0.461 e. The Kier molecular flexibility index (Phi) is 3.66. The van der Waals surface area contributed by atoms with Crippen LogP contribution in [0.15, 0.2) is 16.8 Å². The standard InChI is InChI=1S/C12H15N3O2S/c1-3-9-14-10(12(16)17-4-2)11(13)15(9)8-5-6-18-7-8/h5-7H,3-4,13H2,1-2H3. The lowest BCUT2D eigenvalue weighted by molar-refractivity contribution is 0.0521. The fourth-order valence-corrected chi connectivity index (χ4v) is 2.36. The number of esters is 1. The zero-order chi connectivity index (χ0) is 13.1. The van der Waals surface area contributed by atoms with Crippen molar-refractivity contribution >= 4 is 23.1 Å². The van der Waals surface area contributed by atoms with Crippen molar-refractivity contribution in [1.82, 2.24) is 9.55 Å². The van der Waals surface area contributed by atoms with Crippen molar-refractivity contribution in [2.24, 2.45) is 0 Å². The van der Waals surface area contributed by atoms with Crippen LogP contribution in [0, 0.1) is 0 Å². The van der Waals surface area contributed by atoms with E-state index in [0.717, 1.165) is 11.5 Å². The summed E-state index contributed by atoms with van der Waals surface area (Å²) < 4.78 is 6.74. The Balaban J connectivity index is 2.50. The number of hydrogen-bond donors (Lipinski definition) is 1. The van der Waals surface area contributed by atoms with E-state index in [4.69, 9.17) is 10.5 Å². The Hall–Kier alpha value is -1.82. The normalized spacial score (nSPS) is 10.6. The summed E-state index contributed by atoms with van der Waals surface area (Å²) in [6.07, 6.45) is 0.694. The first-order chi connectivity index (χ1) is 8.69. The summed E-state index contributed by atoms with van der Waals surface area (Å²) in [5.74, 6) is 0.622. The number of ether oxygens (including phenoxy) is 1. The number of nitrogens with two attached hydrogens (primary N) is 1. The monoisotopic (exact) mass is 265 g/mol. The second-order valence-electron chi connectivity index (χ2n) is 3.65. The van der Waals surface area contributed by atoms with E-state index >= 15 is 0 Å². The molecule has 0 saturated carbocycles. The Morgan fingerprint density at radius 3 is 2.89 bits per heavy atom. The molecule has 2 heterocycles.